The smallest absolute Gasteiger partial charge is 0.0174 e. The zero-order valence-electron chi connectivity index (χ0n) is 17.7. The van der Waals surface area contributed by atoms with Gasteiger partial charge in [0.25, 0.3) is 0 Å². The predicted molar refractivity (Wildman–Crippen MR) is 107 cm³/mol. The summed E-state index contributed by atoms with van der Waals surface area (Å²) in [5.41, 5.74) is 1.26. The minimum atomic E-state index is 0.315. The van der Waals surface area contributed by atoms with Crippen LogP contribution in [0, 0.1) is 0 Å². The summed E-state index contributed by atoms with van der Waals surface area (Å²) in [6.45, 7) is 21.5. The molecule has 0 unspecified atom stereocenters. The number of piperidine rings is 2. The van der Waals surface area contributed by atoms with Crippen molar-refractivity contribution in [1.82, 2.24) is 9.80 Å². The van der Waals surface area contributed by atoms with Crippen molar-refractivity contribution in [3.8, 4) is 0 Å². The van der Waals surface area contributed by atoms with Gasteiger partial charge < -0.3 is 0 Å². The first-order chi connectivity index (χ1) is 10.9. The number of hydrogen-bond donors (Lipinski definition) is 0. The summed E-state index contributed by atoms with van der Waals surface area (Å²) < 4.78 is 0. The van der Waals surface area contributed by atoms with Gasteiger partial charge in [0, 0.05) is 35.2 Å². The Morgan fingerprint density at radius 2 is 0.792 bits per heavy atom. The van der Waals surface area contributed by atoms with Gasteiger partial charge in [0.15, 0.2) is 0 Å². The highest BCUT2D eigenvalue weighted by Crippen LogP contribution is 2.39. The Hall–Kier alpha value is -0.340. The van der Waals surface area contributed by atoms with Gasteiger partial charge in [-0.25, -0.2) is 0 Å². The lowest BCUT2D eigenvalue weighted by Gasteiger charge is -2.53. The SMILES string of the molecule is CC1(C)CCCC(C)(C)N1CC=CCN1C(C)(C)CCCC1(C)C. The van der Waals surface area contributed by atoms with E-state index in [1.165, 1.54) is 38.5 Å². The molecule has 24 heavy (non-hydrogen) atoms. The number of hydrogen-bond acceptors (Lipinski definition) is 2. The molecule has 2 fully saturated rings. The van der Waals surface area contributed by atoms with Crippen molar-refractivity contribution in [2.75, 3.05) is 13.1 Å². The normalized spacial score (nSPS) is 29.8. The first-order valence-corrected chi connectivity index (χ1v) is 10.1. The summed E-state index contributed by atoms with van der Waals surface area (Å²) in [4.78, 5) is 5.43. The van der Waals surface area contributed by atoms with Gasteiger partial charge in [0.1, 0.15) is 0 Å². The second kappa shape index (κ2) is 6.76. The third-order valence-electron chi connectivity index (χ3n) is 6.82. The molecule has 0 aromatic heterocycles. The van der Waals surface area contributed by atoms with Crippen LogP contribution in [0.2, 0.25) is 0 Å². The largest absolute Gasteiger partial charge is 0.289 e. The van der Waals surface area contributed by atoms with E-state index in [0.29, 0.717) is 22.2 Å². The van der Waals surface area contributed by atoms with Crippen LogP contribution in [0.15, 0.2) is 12.2 Å². The van der Waals surface area contributed by atoms with Crippen molar-refractivity contribution < 1.29 is 0 Å². The van der Waals surface area contributed by atoms with Crippen LogP contribution >= 0.6 is 0 Å². The molecule has 0 amide bonds. The number of rotatable bonds is 4. The summed E-state index contributed by atoms with van der Waals surface area (Å²) >= 11 is 0. The highest BCUT2D eigenvalue weighted by Gasteiger charge is 2.41. The Morgan fingerprint density at radius 3 is 1.04 bits per heavy atom. The topological polar surface area (TPSA) is 6.48 Å². The molecule has 2 aliphatic rings. The molecule has 2 heterocycles. The zero-order chi connectivity index (χ0) is 18.2. The van der Waals surface area contributed by atoms with Gasteiger partial charge in [-0.3, -0.25) is 9.80 Å². The molecule has 2 saturated heterocycles. The van der Waals surface area contributed by atoms with E-state index in [0.717, 1.165) is 13.1 Å². The van der Waals surface area contributed by atoms with E-state index in [1.807, 2.05) is 0 Å². The van der Waals surface area contributed by atoms with Crippen molar-refractivity contribution >= 4 is 0 Å². The van der Waals surface area contributed by atoms with Crippen LogP contribution in [0.25, 0.3) is 0 Å². The Kier molecular flexibility index (Phi) is 5.63. The highest BCUT2D eigenvalue weighted by molar-refractivity contribution is 5.04. The van der Waals surface area contributed by atoms with Crippen LogP contribution in [0.3, 0.4) is 0 Å². The summed E-state index contributed by atoms with van der Waals surface area (Å²) in [7, 11) is 0. The van der Waals surface area contributed by atoms with E-state index >= 15 is 0 Å². The van der Waals surface area contributed by atoms with Crippen LogP contribution in [0.5, 0.6) is 0 Å². The maximum Gasteiger partial charge on any atom is 0.0174 e. The van der Waals surface area contributed by atoms with E-state index in [-0.39, 0.29) is 0 Å². The van der Waals surface area contributed by atoms with Crippen LogP contribution in [0.1, 0.15) is 93.9 Å². The van der Waals surface area contributed by atoms with Gasteiger partial charge in [-0.1, -0.05) is 12.2 Å². The highest BCUT2D eigenvalue weighted by atomic mass is 15.3. The molecule has 2 aliphatic heterocycles. The molecule has 0 radical (unpaired) electrons. The van der Waals surface area contributed by atoms with Gasteiger partial charge in [-0.15, -0.1) is 0 Å². The maximum atomic E-state index is 2.71. The zero-order valence-corrected chi connectivity index (χ0v) is 17.7. The molecule has 140 valence electrons. The summed E-state index contributed by atoms with van der Waals surface area (Å²) in [6.07, 6.45) is 12.8. The molecule has 2 heteroatoms. The van der Waals surface area contributed by atoms with E-state index in [4.69, 9.17) is 0 Å². The molecular weight excluding hydrogens is 292 g/mol. The van der Waals surface area contributed by atoms with Crippen LogP contribution in [-0.2, 0) is 0 Å². The van der Waals surface area contributed by atoms with E-state index in [2.05, 4.69) is 77.3 Å². The van der Waals surface area contributed by atoms with Crippen molar-refractivity contribution in [2.24, 2.45) is 0 Å². The second-order valence-corrected chi connectivity index (χ2v) is 10.6. The van der Waals surface area contributed by atoms with E-state index in [9.17, 15) is 0 Å². The number of likely N-dealkylation sites (tertiary alicyclic amines) is 2. The third kappa shape index (κ3) is 4.25. The van der Waals surface area contributed by atoms with Crippen LogP contribution in [0.4, 0.5) is 0 Å². The van der Waals surface area contributed by atoms with Gasteiger partial charge in [0.2, 0.25) is 0 Å². The first kappa shape index (κ1) is 20.0. The molecular formula is C22H42N2. The van der Waals surface area contributed by atoms with E-state index < -0.39 is 0 Å². The number of nitrogens with zero attached hydrogens (tertiary/aromatic N) is 2. The molecule has 0 spiro atoms. The lowest BCUT2D eigenvalue weighted by molar-refractivity contribution is -0.0197. The van der Waals surface area contributed by atoms with Gasteiger partial charge in [-0.05, 0) is 93.9 Å². The van der Waals surface area contributed by atoms with Crippen molar-refractivity contribution in [3.05, 3.63) is 12.2 Å². The average molecular weight is 335 g/mol. The van der Waals surface area contributed by atoms with Gasteiger partial charge >= 0.3 is 0 Å². The Labute approximate surface area is 151 Å². The lowest BCUT2D eigenvalue weighted by Crippen LogP contribution is -2.59. The monoisotopic (exact) mass is 334 g/mol. The molecule has 0 atom stereocenters. The molecule has 0 N–H and O–H groups in total. The fourth-order valence-electron chi connectivity index (χ4n) is 5.43. The minimum Gasteiger partial charge on any atom is -0.289 e. The van der Waals surface area contributed by atoms with Crippen molar-refractivity contribution in [3.63, 3.8) is 0 Å². The fraction of sp³-hybridized carbons (Fsp3) is 0.909. The molecule has 0 saturated carbocycles. The quantitative estimate of drug-likeness (QED) is 0.615. The fourth-order valence-corrected chi connectivity index (χ4v) is 5.43. The molecule has 2 nitrogen and oxygen atoms in total. The van der Waals surface area contributed by atoms with Gasteiger partial charge in [-0.2, -0.15) is 0 Å². The van der Waals surface area contributed by atoms with E-state index in [1.54, 1.807) is 0 Å². The molecule has 2 rings (SSSR count). The van der Waals surface area contributed by atoms with Crippen LogP contribution < -0.4 is 0 Å². The first-order valence-electron chi connectivity index (χ1n) is 10.1. The molecule has 0 aliphatic carbocycles. The van der Waals surface area contributed by atoms with Crippen LogP contribution in [-0.4, -0.2) is 45.0 Å². The summed E-state index contributed by atoms with van der Waals surface area (Å²) in [6, 6.07) is 0. The predicted octanol–water partition coefficient (Wildman–Crippen LogP) is 5.63. The Morgan fingerprint density at radius 1 is 0.542 bits per heavy atom. The Bertz CT molecular complexity index is 383. The second-order valence-electron chi connectivity index (χ2n) is 10.6. The molecule has 0 aromatic carbocycles. The van der Waals surface area contributed by atoms with Gasteiger partial charge in [0.05, 0.1) is 0 Å². The average Bonchev–Trinajstić information content (AvgIpc) is 2.37. The third-order valence-corrected chi connectivity index (χ3v) is 6.82. The summed E-state index contributed by atoms with van der Waals surface area (Å²) in [5.74, 6) is 0. The maximum absolute atomic E-state index is 2.71. The Balaban J connectivity index is 2.01. The summed E-state index contributed by atoms with van der Waals surface area (Å²) in [5, 5.41) is 0. The standard InChI is InChI=1S/C22H42N2/c1-19(2)13-11-14-20(3,4)23(19)17-9-10-18-24-21(5,6)15-12-16-22(24,7)8/h9-10H,11-18H2,1-8H3. The molecule has 0 bridgehead atoms. The van der Waals surface area contributed by atoms with Crippen molar-refractivity contribution in [2.45, 2.75) is 116 Å². The lowest BCUT2D eigenvalue weighted by atomic mass is 9.79. The minimum absolute atomic E-state index is 0.315. The molecule has 0 aromatic rings. The van der Waals surface area contributed by atoms with Crippen molar-refractivity contribution in [1.29, 1.82) is 0 Å².